The number of nitrogens with zero attached hydrogens (tertiary/aromatic N) is 5. The zero-order valence-corrected chi connectivity index (χ0v) is 16.3. The van der Waals surface area contributed by atoms with Crippen LogP contribution in [0.4, 0.5) is 10.2 Å². The van der Waals surface area contributed by atoms with E-state index in [1.807, 2.05) is 18.2 Å². The van der Waals surface area contributed by atoms with Crippen molar-refractivity contribution >= 4 is 17.2 Å². The van der Waals surface area contributed by atoms with Crippen molar-refractivity contribution in [2.45, 2.75) is 20.4 Å². The third-order valence-corrected chi connectivity index (χ3v) is 5.89. The number of piperazine rings is 1. The number of aromatic nitrogens is 3. The van der Waals surface area contributed by atoms with Crippen LogP contribution < -0.4 is 4.90 Å². The number of hydrogen-bond donors (Lipinski definition) is 0. The number of benzene rings is 1. The summed E-state index contributed by atoms with van der Waals surface area (Å²) in [6.07, 6.45) is 0. The minimum atomic E-state index is -0.263. The maximum absolute atomic E-state index is 13.4. The first kappa shape index (κ1) is 18.0. The van der Waals surface area contributed by atoms with E-state index >= 15 is 0 Å². The average molecular weight is 383 g/mol. The molecule has 1 aliphatic rings. The van der Waals surface area contributed by atoms with Gasteiger partial charge in [-0.05, 0) is 38.1 Å². The third-order valence-electron chi connectivity index (χ3n) is 4.83. The van der Waals surface area contributed by atoms with Gasteiger partial charge in [-0.25, -0.2) is 9.37 Å². The molecule has 2 aromatic heterocycles. The van der Waals surface area contributed by atoms with Gasteiger partial charge in [-0.15, -0.1) is 21.5 Å². The van der Waals surface area contributed by atoms with Crippen LogP contribution in [0.25, 0.3) is 11.3 Å². The Morgan fingerprint density at radius 2 is 1.85 bits per heavy atom. The highest BCUT2D eigenvalue weighted by Crippen LogP contribution is 2.22. The van der Waals surface area contributed by atoms with E-state index in [0.29, 0.717) is 5.69 Å². The Labute approximate surface area is 162 Å². The molecule has 5 nitrogen and oxygen atoms in total. The molecule has 1 aromatic carbocycles. The molecule has 0 atom stereocenters. The zero-order valence-electron chi connectivity index (χ0n) is 15.5. The lowest BCUT2D eigenvalue weighted by Crippen LogP contribution is -2.46. The first-order chi connectivity index (χ1) is 13.1. The van der Waals surface area contributed by atoms with Crippen molar-refractivity contribution in [3.63, 3.8) is 0 Å². The van der Waals surface area contributed by atoms with Crippen LogP contribution in [-0.4, -0.2) is 46.3 Å². The van der Waals surface area contributed by atoms with Gasteiger partial charge in [0.15, 0.2) is 5.82 Å². The molecule has 1 aliphatic heterocycles. The van der Waals surface area contributed by atoms with Crippen molar-refractivity contribution < 1.29 is 4.39 Å². The highest BCUT2D eigenvalue weighted by Gasteiger charge is 2.20. The molecule has 0 unspecified atom stereocenters. The first-order valence-corrected chi connectivity index (χ1v) is 9.90. The number of hydrogen-bond acceptors (Lipinski definition) is 6. The molecule has 140 valence electrons. The Morgan fingerprint density at radius 1 is 1.04 bits per heavy atom. The van der Waals surface area contributed by atoms with E-state index < -0.39 is 0 Å². The Morgan fingerprint density at radius 3 is 2.48 bits per heavy atom. The smallest absolute Gasteiger partial charge is 0.151 e. The number of aryl methyl sites for hydroxylation is 2. The minimum absolute atomic E-state index is 0.263. The molecule has 0 saturated carbocycles. The largest absolute Gasteiger partial charge is 0.353 e. The second kappa shape index (κ2) is 7.70. The van der Waals surface area contributed by atoms with E-state index in [9.17, 15) is 4.39 Å². The van der Waals surface area contributed by atoms with Gasteiger partial charge >= 0.3 is 0 Å². The fourth-order valence-corrected chi connectivity index (χ4v) is 4.33. The van der Waals surface area contributed by atoms with Crippen molar-refractivity contribution in [1.29, 1.82) is 0 Å². The maximum Gasteiger partial charge on any atom is 0.151 e. The molecule has 0 amide bonds. The summed E-state index contributed by atoms with van der Waals surface area (Å²) in [6.45, 7) is 8.94. The molecule has 0 N–H and O–H groups in total. The van der Waals surface area contributed by atoms with E-state index in [4.69, 9.17) is 0 Å². The predicted molar refractivity (Wildman–Crippen MR) is 107 cm³/mol. The van der Waals surface area contributed by atoms with E-state index in [0.717, 1.165) is 54.8 Å². The maximum atomic E-state index is 13.4. The van der Waals surface area contributed by atoms with Gasteiger partial charge in [-0.1, -0.05) is 12.1 Å². The van der Waals surface area contributed by atoms with Gasteiger partial charge in [0.2, 0.25) is 0 Å². The van der Waals surface area contributed by atoms with Crippen LogP contribution in [0.5, 0.6) is 0 Å². The van der Waals surface area contributed by atoms with Crippen LogP contribution in [0, 0.1) is 19.7 Å². The quantitative estimate of drug-likeness (QED) is 0.688. The monoisotopic (exact) mass is 383 g/mol. The highest BCUT2D eigenvalue weighted by molar-refractivity contribution is 7.11. The predicted octanol–water partition coefficient (Wildman–Crippen LogP) is 3.68. The minimum Gasteiger partial charge on any atom is -0.353 e. The summed E-state index contributed by atoms with van der Waals surface area (Å²) in [5.74, 6) is 0.612. The summed E-state index contributed by atoms with van der Waals surface area (Å²) in [5.41, 5.74) is 2.58. The molecule has 1 fully saturated rings. The van der Waals surface area contributed by atoms with Crippen LogP contribution in [0.3, 0.4) is 0 Å². The average Bonchev–Trinajstić information content (AvgIpc) is 2.99. The molecule has 0 spiro atoms. The summed E-state index contributed by atoms with van der Waals surface area (Å²) < 4.78 is 13.4. The lowest BCUT2D eigenvalue weighted by atomic mass is 10.1. The highest BCUT2D eigenvalue weighted by atomic mass is 32.1. The molecule has 0 aliphatic carbocycles. The standard InChI is InChI=1S/C20H22FN5S/c1-14-19(27-15(2)22-14)13-25-8-10-26(11-9-25)20-7-6-18(23-24-20)16-4-3-5-17(21)12-16/h3-7,12H,8-11,13H2,1-2H3. The van der Waals surface area contributed by atoms with Gasteiger partial charge in [-0.2, -0.15) is 0 Å². The molecule has 7 heteroatoms. The van der Waals surface area contributed by atoms with Crippen molar-refractivity contribution in [3.05, 3.63) is 57.8 Å². The lowest BCUT2D eigenvalue weighted by Gasteiger charge is -2.35. The third kappa shape index (κ3) is 4.14. The van der Waals surface area contributed by atoms with E-state index in [-0.39, 0.29) is 5.82 Å². The molecule has 4 rings (SSSR count). The number of anilines is 1. The fraction of sp³-hybridized carbons (Fsp3) is 0.350. The number of thiazole rings is 1. The van der Waals surface area contributed by atoms with Crippen LogP contribution in [0.2, 0.25) is 0 Å². The SMILES string of the molecule is Cc1nc(C)c(CN2CCN(c3ccc(-c4cccc(F)c4)nn3)CC2)s1. The van der Waals surface area contributed by atoms with Gasteiger partial charge in [0.25, 0.3) is 0 Å². The second-order valence-electron chi connectivity index (χ2n) is 6.79. The Hall–Kier alpha value is -2.38. The summed E-state index contributed by atoms with van der Waals surface area (Å²) in [4.78, 5) is 10.6. The van der Waals surface area contributed by atoms with E-state index in [1.165, 1.54) is 17.0 Å². The molecule has 0 bridgehead atoms. The molecular weight excluding hydrogens is 361 g/mol. The molecule has 1 saturated heterocycles. The molecular formula is C20H22FN5S. The lowest BCUT2D eigenvalue weighted by molar-refractivity contribution is 0.250. The summed E-state index contributed by atoms with van der Waals surface area (Å²) >= 11 is 1.79. The van der Waals surface area contributed by atoms with Gasteiger partial charge in [-0.3, -0.25) is 4.90 Å². The fourth-order valence-electron chi connectivity index (χ4n) is 3.35. The van der Waals surface area contributed by atoms with Crippen molar-refractivity contribution in [2.75, 3.05) is 31.1 Å². The Bertz CT molecular complexity index is 916. The molecule has 0 radical (unpaired) electrons. The van der Waals surface area contributed by atoms with Crippen molar-refractivity contribution in [2.24, 2.45) is 0 Å². The van der Waals surface area contributed by atoms with E-state index in [2.05, 4.69) is 38.8 Å². The van der Waals surface area contributed by atoms with Gasteiger partial charge in [0, 0.05) is 43.2 Å². The summed E-state index contributed by atoms with van der Waals surface area (Å²) in [5, 5.41) is 9.78. The van der Waals surface area contributed by atoms with Crippen LogP contribution in [-0.2, 0) is 6.54 Å². The molecule has 3 aromatic rings. The molecule has 27 heavy (non-hydrogen) atoms. The van der Waals surface area contributed by atoms with Gasteiger partial charge in [0.05, 0.1) is 16.4 Å². The first-order valence-electron chi connectivity index (χ1n) is 9.08. The topological polar surface area (TPSA) is 45.2 Å². The Balaban J connectivity index is 1.37. The van der Waals surface area contributed by atoms with Crippen molar-refractivity contribution in [1.82, 2.24) is 20.1 Å². The van der Waals surface area contributed by atoms with Crippen LogP contribution in [0.1, 0.15) is 15.6 Å². The van der Waals surface area contributed by atoms with Gasteiger partial charge < -0.3 is 4.90 Å². The zero-order chi connectivity index (χ0) is 18.8. The van der Waals surface area contributed by atoms with E-state index in [1.54, 1.807) is 17.4 Å². The van der Waals surface area contributed by atoms with Gasteiger partial charge in [0.1, 0.15) is 5.82 Å². The summed E-state index contributed by atoms with van der Waals surface area (Å²) in [6, 6.07) is 10.3. The van der Waals surface area contributed by atoms with Crippen LogP contribution in [0.15, 0.2) is 36.4 Å². The molecule has 3 heterocycles. The van der Waals surface area contributed by atoms with Crippen molar-refractivity contribution in [3.8, 4) is 11.3 Å². The normalized spacial score (nSPS) is 15.3. The van der Waals surface area contributed by atoms with Crippen LogP contribution >= 0.6 is 11.3 Å². The Kier molecular flexibility index (Phi) is 5.13. The second-order valence-corrected chi connectivity index (χ2v) is 8.08. The number of rotatable bonds is 4. The number of halogens is 1. The summed E-state index contributed by atoms with van der Waals surface area (Å²) in [7, 11) is 0.